The highest BCUT2D eigenvalue weighted by molar-refractivity contribution is 6.33. The van der Waals surface area contributed by atoms with Crippen LogP contribution in [-0.4, -0.2) is 34.5 Å². The van der Waals surface area contributed by atoms with Gasteiger partial charge in [0.1, 0.15) is 6.04 Å². The van der Waals surface area contributed by atoms with Gasteiger partial charge < -0.3 is 15.7 Å². The third-order valence-electron chi connectivity index (χ3n) is 3.29. The van der Waals surface area contributed by atoms with Gasteiger partial charge in [0.15, 0.2) is 0 Å². The Morgan fingerprint density at radius 3 is 2.74 bits per heavy atom. The second-order valence-electron chi connectivity index (χ2n) is 4.58. The van der Waals surface area contributed by atoms with Gasteiger partial charge in [-0.3, -0.25) is 4.79 Å². The highest BCUT2D eigenvalue weighted by Gasteiger charge is 2.32. The van der Waals surface area contributed by atoms with Crippen LogP contribution in [0.1, 0.15) is 29.6 Å². The molecule has 1 heterocycles. The molecule has 0 aliphatic carbocycles. The second-order valence-corrected chi connectivity index (χ2v) is 4.99. The number of nitrogen functional groups attached to an aromatic ring is 1. The van der Waals surface area contributed by atoms with Crippen molar-refractivity contribution in [2.24, 2.45) is 0 Å². The number of hydrogen-bond donors (Lipinski definition) is 2. The first-order chi connectivity index (χ1) is 9.00. The number of likely N-dealkylation sites (tertiary alicyclic amines) is 1. The summed E-state index contributed by atoms with van der Waals surface area (Å²) >= 11 is 5.81. The highest BCUT2D eigenvalue weighted by atomic mass is 35.5. The maximum atomic E-state index is 12.3. The quantitative estimate of drug-likeness (QED) is 0.813. The van der Waals surface area contributed by atoms with Crippen molar-refractivity contribution >= 4 is 29.2 Å². The number of nitrogens with zero attached hydrogens (tertiary/aromatic N) is 1. The fraction of sp³-hybridized carbons (Fsp3) is 0.385. The molecule has 1 amide bonds. The maximum absolute atomic E-state index is 12.3. The third kappa shape index (κ3) is 2.81. The summed E-state index contributed by atoms with van der Waals surface area (Å²) in [6.45, 7) is 0.457. The number of carboxylic acid groups (broad SMARTS) is 1. The van der Waals surface area contributed by atoms with Crippen molar-refractivity contribution in [2.45, 2.75) is 25.3 Å². The van der Waals surface area contributed by atoms with Gasteiger partial charge in [-0.2, -0.15) is 0 Å². The first-order valence-corrected chi connectivity index (χ1v) is 6.47. The van der Waals surface area contributed by atoms with Crippen LogP contribution in [0.2, 0.25) is 5.02 Å². The molecule has 0 saturated carbocycles. The van der Waals surface area contributed by atoms with Gasteiger partial charge in [0.25, 0.3) is 5.91 Å². The van der Waals surface area contributed by atoms with Crippen molar-refractivity contribution in [2.75, 3.05) is 12.3 Å². The molecule has 2 rings (SSSR count). The molecule has 19 heavy (non-hydrogen) atoms. The first kappa shape index (κ1) is 13.7. The van der Waals surface area contributed by atoms with Crippen molar-refractivity contribution in [3.05, 3.63) is 28.8 Å². The van der Waals surface area contributed by atoms with E-state index in [9.17, 15) is 9.59 Å². The van der Waals surface area contributed by atoms with Gasteiger partial charge in [-0.15, -0.1) is 0 Å². The van der Waals surface area contributed by atoms with Crippen molar-refractivity contribution in [3.8, 4) is 0 Å². The predicted octanol–water partition coefficient (Wildman–Crippen LogP) is 2.00. The minimum atomic E-state index is -0.963. The van der Waals surface area contributed by atoms with E-state index in [1.807, 2.05) is 0 Å². The number of amides is 1. The van der Waals surface area contributed by atoms with E-state index in [1.54, 1.807) is 12.1 Å². The van der Waals surface area contributed by atoms with E-state index in [0.29, 0.717) is 29.2 Å². The summed E-state index contributed by atoms with van der Waals surface area (Å²) in [7, 11) is 0. The van der Waals surface area contributed by atoms with Crippen LogP contribution in [0.4, 0.5) is 5.69 Å². The summed E-state index contributed by atoms with van der Waals surface area (Å²) in [6.07, 6.45) is 2.13. The Labute approximate surface area is 116 Å². The topological polar surface area (TPSA) is 83.6 Å². The van der Waals surface area contributed by atoms with Gasteiger partial charge in [0, 0.05) is 12.1 Å². The average Bonchev–Trinajstić information content (AvgIpc) is 2.41. The van der Waals surface area contributed by atoms with Gasteiger partial charge in [-0.05, 0) is 37.5 Å². The summed E-state index contributed by atoms with van der Waals surface area (Å²) in [6, 6.07) is 3.84. The molecule has 0 bridgehead atoms. The Hall–Kier alpha value is -1.75. The number of rotatable bonds is 2. The first-order valence-electron chi connectivity index (χ1n) is 6.09. The van der Waals surface area contributed by atoms with Gasteiger partial charge in [-0.1, -0.05) is 11.6 Å². The van der Waals surface area contributed by atoms with Crippen LogP contribution >= 0.6 is 11.6 Å². The Kier molecular flexibility index (Phi) is 3.95. The van der Waals surface area contributed by atoms with Crippen molar-refractivity contribution < 1.29 is 14.7 Å². The molecule has 0 radical (unpaired) electrons. The molecule has 0 aromatic heterocycles. The van der Waals surface area contributed by atoms with Gasteiger partial charge in [-0.25, -0.2) is 4.79 Å². The Morgan fingerprint density at radius 1 is 1.37 bits per heavy atom. The lowest BCUT2D eigenvalue weighted by molar-refractivity contribution is -0.143. The normalized spacial score (nSPS) is 19.2. The number of carbonyl (C=O) groups is 2. The molecule has 5 nitrogen and oxygen atoms in total. The smallest absolute Gasteiger partial charge is 0.326 e. The Bertz CT molecular complexity index is 519. The Morgan fingerprint density at radius 2 is 2.11 bits per heavy atom. The van der Waals surface area contributed by atoms with Gasteiger partial charge >= 0.3 is 5.97 Å². The van der Waals surface area contributed by atoms with Crippen molar-refractivity contribution in [1.29, 1.82) is 0 Å². The van der Waals surface area contributed by atoms with E-state index in [2.05, 4.69) is 0 Å². The van der Waals surface area contributed by atoms with E-state index >= 15 is 0 Å². The average molecular weight is 283 g/mol. The molecule has 0 spiro atoms. The van der Waals surface area contributed by atoms with Crippen LogP contribution in [0.3, 0.4) is 0 Å². The number of benzene rings is 1. The van der Waals surface area contributed by atoms with Crippen LogP contribution in [0.5, 0.6) is 0 Å². The molecule has 1 fully saturated rings. The van der Waals surface area contributed by atoms with Crippen LogP contribution in [0, 0.1) is 0 Å². The molecule has 3 N–H and O–H groups in total. The molecule has 1 aromatic rings. The van der Waals surface area contributed by atoms with Crippen molar-refractivity contribution in [3.63, 3.8) is 0 Å². The number of hydrogen-bond acceptors (Lipinski definition) is 3. The monoisotopic (exact) mass is 282 g/mol. The molecule has 1 aromatic carbocycles. The number of carbonyl (C=O) groups excluding carboxylic acids is 1. The van der Waals surface area contributed by atoms with E-state index in [-0.39, 0.29) is 5.91 Å². The largest absolute Gasteiger partial charge is 0.480 e. The molecule has 0 unspecified atom stereocenters. The van der Waals surface area contributed by atoms with Crippen LogP contribution in [0.25, 0.3) is 0 Å². The molecule has 1 saturated heterocycles. The molecular formula is C13H15ClN2O3. The second kappa shape index (κ2) is 5.48. The zero-order valence-corrected chi connectivity index (χ0v) is 11.1. The van der Waals surface area contributed by atoms with E-state index in [1.165, 1.54) is 11.0 Å². The lowest BCUT2D eigenvalue weighted by Gasteiger charge is -2.33. The summed E-state index contributed by atoms with van der Waals surface area (Å²) < 4.78 is 0. The van der Waals surface area contributed by atoms with E-state index < -0.39 is 12.0 Å². The zero-order chi connectivity index (χ0) is 14.0. The van der Waals surface area contributed by atoms with Crippen LogP contribution in [-0.2, 0) is 4.79 Å². The number of halogens is 1. The van der Waals surface area contributed by atoms with E-state index in [4.69, 9.17) is 22.4 Å². The minimum absolute atomic E-state index is 0.310. The molecule has 1 aliphatic heterocycles. The number of aliphatic carboxylic acids is 1. The Balaban J connectivity index is 2.26. The zero-order valence-electron chi connectivity index (χ0n) is 10.3. The fourth-order valence-corrected chi connectivity index (χ4v) is 2.39. The number of carboxylic acids is 1. The van der Waals surface area contributed by atoms with Gasteiger partial charge in [0.05, 0.1) is 10.7 Å². The summed E-state index contributed by atoms with van der Waals surface area (Å²) in [5.41, 5.74) is 6.35. The SMILES string of the molecule is Nc1cc(C(=O)N2CCCC[C@H]2C(=O)O)ccc1Cl. The highest BCUT2D eigenvalue weighted by Crippen LogP contribution is 2.23. The number of nitrogens with two attached hydrogens (primary N) is 1. The minimum Gasteiger partial charge on any atom is -0.480 e. The summed E-state index contributed by atoms with van der Waals surface area (Å²) in [4.78, 5) is 24.9. The summed E-state index contributed by atoms with van der Waals surface area (Å²) in [5, 5.41) is 9.54. The lowest BCUT2D eigenvalue weighted by Crippen LogP contribution is -2.48. The third-order valence-corrected chi connectivity index (χ3v) is 3.64. The fourth-order valence-electron chi connectivity index (χ4n) is 2.27. The number of anilines is 1. The van der Waals surface area contributed by atoms with Gasteiger partial charge in [0.2, 0.25) is 0 Å². The van der Waals surface area contributed by atoms with E-state index in [0.717, 1.165) is 12.8 Å². The molecule has 102 valence electrons. The molecule has 1 atom stereocenters. The summed E-state index contributed by atoms with van der Waals surface area (Å²) in [5.74, 6) is -1.27. The molecular weight excluding hydrogens is 268 g/mol. The number of piperidine rings is 1. The maximum Gasteiger partial charge on any atom is 0.326 e. The molecule has 1 aliphatic rings. The van der Waals surface area contributed by atoms with Crippen LogP contribution in [0.15, 0.2) is 18.2 Å². The molecule has 6 heteroatoms. The standard InChI is InChI=1S/C13H15ClN2O3/c14-9-5-4-8(7-10(9)15)12(17)16-6-2-1-3-11(16)13(18)19/h4-5,7,11H,1-3,6,15H2,(H,18,19)/t11-/m0/s1. The van der Waals surface area contributed by atoms with Crippen molar-refractivity contribution in [1.82, 2.24) is 4.90 Å². The predicted molar refractivity (Wildman–Crippen MR) is 72.2 cm³/mol. The van der Waals surface area contributed by atoms with Crippen LogP contribution < -0.4 is 5.73 Å². The lowest BCUT2D eigenvalue weighted by atomic mass is 10.0.